The number of H-pyrrole nitrogens is 1. The maximum Gasteiger partial charge on any atom is 0.322 e. The Bertz CT molecular complexity index is 716. The van der Waals surface area contributed by atoms with E-state index in [1.54, 1.807) is 24.3 Å². The van der Waals surface area contributed by atoms with Crippen molar-refractivity contribution < 1.29 is 14.8 Å². The van der Waals surface area contributed by atoms with Crippen LogP contribution in [0.4, 0.5) is 5.69 Å². The average molecular weight is 325 g/mol. The van der Waals surface area contributed by atoms with E-state index in [2.05, 4.69) is 15.5 Å². The van der Waals surface area contributed by atoms with Gasteiger partial charge in [-0.1, -0.05) is 29.8 Å². The van der Waals surface area contributed by atoms with Gasteiger partial charge in [-0.3, -0.25) is 20.0 Å². The van der Waals surface area contributed by atoms with Gasteiger partial charge in [-0.25, -0.2) is 0 Å². The van der Waals surface area contributed by atoms with Crippen LogP contribution in [-0.2, 0) is 0 Å². The molecular formula is C13H13ClN4O4. The van der Waals surface area contributed by atoms with Crippen LogP contribution in [0, 0.1) is 17.0 Å². The van der Waals surface area contributed by atoms with Crippen molar-refractivity contribution in [2.24, 2.45) is 0 Å². The summed E-state index contributed by atoms with van der Waals surface area (Å²) in [6, 6.07) is 6.66. The minimum absolute atomic E-state index is 0.147. The van der Waals surface area contributed by atoms with Crippen molar-refractivity contribution in [3.8, 4) is 0 Å². The van der Waals surface area contributed by atoms with Crippen molar-refractivity contribution in [1.82, 2.24) is 15.5 Å². The topological polar surface area (TPSA) is 121 Å². The number of aliphatic hydroxyl groups excluding tert-OH is 1. The lowest BCUT2D eigenvalue weighted by Gasteiger charge is -2.12. The van der Waals surface area contributed by atoms with E-state index < -0.39 is 16.9 Å². The summed E-state index contributed by atoms with van der Waals surface area (Å²) in [6.07, 6.45) is -1.03. The van der Waals surface area contributed by atoms with E-state index in [4.69, 9.17) is 11.6 Å². The van der Waals surface area contributed by atoms with E-state index >= 15 is 0 Å². The molecule has 2 rings (SSSR count). The third-order valence-electron chi connectivity index (χ3n) is 3.03. The van der Waals surface area contributed by atoms with Gasteiger partial charge in [0.05, 0.1) is 11.0 Å². The molecule has 22 heavy (non-hydrogen) atoms. The number of aromatic amines is 1. The van der Waals surface area contributed by atoms with E-state index in [-0.39, 0.29) is 23.6 Å². The van der Waals surface area contributed by atoms with Crippen LogP contribution in [0.1, 0.15) is 27.8 Å². The third-order valence-corrected chi connectivity index (χ3v) is 3.38. The fourth-order valence-corrected chi connectivity index (χ4v) is 2.20. The Labute approximate surface area is 130 Å². The first-order chi connectivity index (χ1) is 10.4. The minimum Gasteiger partial charge on any atom is -0.387 e. The monoisotopic (exact) mass is 324 g/mol. The second-order valence-electron chi connectivity index (χ2n) is 4.55. The predicted octanol–water partition coefficient (Wildman–Crippen LogP) is 1.74. The zero-order chi connectivity index (χ0) is 16.3. The lowest BCUT2D eigenvalue weighted by molar-refractivity contribution is -0.385. The fourth-order valence-electron chi connectivity index (χ4n) is 1.93. The zero-order valence-corrected chi connectivity index (χ0v) is 12.3. The van der Waals surface area contributed by atoms with Crippen LogP contribution in [0.3, 0.4) is 0 Å². The lowest BCUT2D eigenvalue weighted by atomic mass is 10.1. The van der Waals surface area contributed by atoms with Crippen molar-refractivity contribution in [3.05, 3.63) is 56.4 Å². The van der Waals surface area contributed by atoms with Gasteiger partial charge in [-0.2, -0.15) is 5.10 Å². The summed E-state index contributed by atoms with van der Waals surface area (Å²) in [4.78, 5) is 22.2. The van der Waals surface area contributed by atoms with Crippen LogP contribution in [0.2, 0.25) is 5.02 Å². The van der Waals surface area contributed by atoms with E-state index in [1.807, 2.05) is 0 Å². The maximum absolute atomic E-state index is 12.0. The van der Waals surface area contributed by atoms with Crippen molar-refractivity contribution in [2.75, 3.05) is 6.54 Å². The molecule has 1 aromatic carbocycles. The number of aliphatic hydroxyl groups is 1. The van der Waals surface area contributed by atoms with Crippen molar-refractivity contribution in [3.63, 3.8) is 0 Å². The number of nitrogens with one attached hydrogen (secondary N) is 2. The fraction of sp³-hybridized carbons (Fsp3) is 0.231. The molecule has 116 valence electrons. The summed E-state index contributed by atoms with van der Waals surface area (Å²) in [7, 11) is 0. The highest BCUT2D eigenvalue weighted by molar-refractivity contribution is 6.31. The molecule has 1 aromatic heterocycles. The van der Waals surface area contributed by atoms with Gasteiger partial charge >= 0.3 is 5.69 Å². The highest BCUT2D eigenvalue weighted by Crippen LogP contribution is 2.23. The number of carbonyl (C=O) groups is 1. The number of nitrogens with zero attached hydrogens (tertiary/aromatic N) is 2. The number of hydrogen-bond acceptors (Lipinski definition) is 5. The Morgan fingerprint density at radius 2 is 2.23 bits per heavy atom. The van der Waals surface area contributed by atoms with Gasteiger partial charge in [-0.05, 0) is 13.0 Å². The largest absolute Gasteiger partial charge is 0.387 e. The summed E-state index contributed by atoms with van der Waals surface area (Å²) in [5.41, 5.74) is -0.0717. The summed E-state index contributed by atoms with van der Waals surface area (Å²) in [6.45, 7) is 1.30. The Morgan fingerprint density at radius 3 is 2.86 bits per heavy atom. The molecular weight excluding hydrogens is 312 g/mol. The molecule has 0 saturated heterocycles. The van der Waals surface area contributed by atoms with Crippen LogP contribution in [0.5, 0.6) is 0 Å². The lowest BCUT2D eigenvalue weighted by Crippen LogP contribution is -2.29. The van der Waals surface area contributed by atoms with Gasteiger partial charge in [0.25, 0.3) is 5.91 Å². The standard InChI is InChI=1S/C13H13ClN4O4/c1-7-12(18(21)22)11(17-16-7)13(20)15-6-10(19)8-4-2-3-5-9(8)14/h2-5,10,19H,6H2,1H3,(H,15,20)(H,16,17). The molecule has 8 nitrogen and oxygen atoms in total. The first-order valence-electron chi connectivity index (χ1n) is 6.32. The van der Waals surface area contributed by atoms with Gasteiger partial charge in [0.15, 0.2) is 0 Å². The maximum atomic E-state index is 12.0. The summed E-state index contributed by atoms with van der Waals surface area (Å²) in [5.74, 6) is -0.748. The molecule has 0 aliphatic carbocycles. The van der Waals surface area contributed by atoms with Gasteiger partial charge in [0.1, 0.15) is 5.69 Å². The minimum atomic E-state index is -1.03. The summed E-state index contributed by atoms with van der Waals surface area (Å²) < 4.78 is 0. The first kappa shape index (κ1) is 15.9. The molecule has 0 aliphatic rings. The number of halogens is 1. The van der Waals surface area contributed by atoms with Crippen molar-refractivity contribution in [2.45, 2.75) is 13.0 Å². The number of rotatable bonds is 5. The average Bonchev–Trinajstić information content (AvgIpc) is 2.87. The van der Waals surface area contributed by atoms with Gasteiger partial charge in [0.2, 0.25) is 5.69 Å². The highest BCUT2D eigenvalue weighted by atomic mass is 35.5. The molecule has 0 bridgehead atoms. The summed E-state index contributed by atoms with van der Waals surface area (Å²) in [5, 5.41) is 29.7. The Kier molecular flexibility index (Phi) is 4.74. The van der Waals surface area contributed by atoms with Gasteiger partial charge in [0, 0.05) is 17.1 Å². The van der Waals surface area contributed by atoms with Gasteiger partial charge < -0.3 is 10.4 Å². The third kappa shape index (κ3) is 3.23. The number of hydrogen-bond donors (Lipinski definition) is 3. The molecule has 1 atom stereocenters. The molecule has 2 aromatic rings. The smallest absolute Gasteiger partial charge is 0.322 e. The number of amides is 1. The molecule has 1 heterocycles. The molecule has 0 spiro atoms. The molecule has 9 heteroatoms. The number of aryl methyl sites for hydroxylation is 1. The van der Waals surface area contributed by atoms with E-state index in [0.29, 0.717) is 10.6 Å². The second kappa shape index (κ2) is 6.54. The number of carbonyl (C=O) groups excluding carboxylic acids is 1. The van der Waals surface area contributed by atoms with Crippen LogP contribution < -0.4 is 5.32 Å². The Morgan fingerprint density at radius 1 is 1.55 bits per heavy atom. The Hall–Kier alpha value is -2.45. The SMILES string of the molecule is Cc1[nH]nc(C(=O)NCC(O)c2ccccc2Cl)c1[N+](=O)[O-]. The molecule has 0 radical (unpaired) electrons. The second-order valence-corrected chi connectivity index (χ2v) is 4.96. The number of benzene rings is 1. The van der Waals surface area contributed by atoms with Crippen LogP contribution in [0.15, 0.2) is 24.3 Å². The highest BCUT2D eigenvalue weighted by Gasteiger charge is 2.27. The van der Waals surface area contributed by atoms with Gasteiger partial charge in [-0.15, -0.1) is 0 Å². The molecule has 0 saturated carbocycles. The number of aromatic nitrogens is 2. The Balaban J connectivity index is 2.08. The van der Waals surface area contributed by atoms with Crippen LogP contribution in [0.25, 0.3) is 0 Å². The van der Waals surface area contributed by atoms with Crippen molar-refractivity contribution >= 4 is 23.2 Å². The van der Waals surface area contributed by atoms with E-state index in [0.717, 1.165) is 0 Å². The molecule has 0 fully saturated rings. The number of nitro groups is 1. The quantitative estimate of drug-likeness (QED) is 0.571. The first-order valence-corrected chi connectivity index (χ1v) is 6.69. The van der Waals surface area contributed by atoms with E-state index in [1.165, 1.54) is 6.92 Å². The molecule has 0 aliphatic heterocycles. The van der Waals surface area contributed by atoms with Crippen LogP contribution in [-0.4, -0.2) is 32.7 Å². The predicted molar refractivity (Wildman–Crippen MR) is 78.7 cm³/mol. The molecule has 3 N–H and O–H groups in total. The van der Waals surface area contributed by atoms with E-state index in [9.17, 15) is 20.0 Å². The normalized spacial score (nSPS) is 12.0. The van der Waals surface area contributed by atoms with Crippen LogP contribution >= 0.6 is 11.6 Å². The molecule has 1 unspecified atom stereocenters. The summed E-state index contributed by atoms with van der Waals surface area (Å²) >= 11 is 5.94. The van der Waals surface area contributed by atoms with Crippen molar-refractivity contribution in [1.29, 1.82) is 0 Å². The zero-order valence-electron chi connectivity index (χ0n) is 11.5. The molecule has 1 amide bonds.